The highest BCUT2D eigenvalue weighted by atomic mass is 16.6. The highest BCUT2D eigenvalue weighted by molar-refractivity contribution is 5.04. The Kier molecular flexibility index (Phi) is 5.20. The molecule has 0 aromatic heterocycles. The highest BCUT2D eigenvalue weighted by Crippen LogP contribution is 2.54. The van der Waals surface area contributed by atoms with E-state index in [0.29, 0.717) is 36.3 Å². The summed E-state index contributed by atoms with van der Waals surface area (Å²) in [6.45, 7) is 3.76. The molecule has 2 aliphatic carbocycles. The molecule has 8 atom stereocenters. The predicted molar refractivity (Wildman–Crippen MR) is 108 cm³/mol. The van der Waals surface area contributed by atoms with Crippen molar-refractivity contribution in [2.24, 2.45) is 11.8 Å². The molecule has 0 aromatic rings. The fourth-order valence-electron chi connectivity index (χ4n) is 6.71. The van der Waals surface area contributed by atoms with Crippen LogP contribution < -0.4 is 0 Å². The Morgan fingerprint density at radius 2 is 1.00 bits per heavy atom. The average molecular weight is 407 g/mol. The number of hydrogen-bond acceptors (Lipinski definition) is 5. The number of ether oxygens (including phenoxy) is 5. The van der Waals surface area contributed by atoms with Gasteiger partial charge in [0.05, 0.1) is 62.0 Å². The molecular weight excluding hydrogens is 368 g/mol. The molecule has 0 N–H and O–H groups in total. The monoisotopic (exact) mass is 406 g/mol. The summed E-state index contributed by atoms with van der Waals surface area (Å²) in [5, 5.41) is 0. The van der Waals surface area contributed by atoms with E-state index in [-0.39, 0.29) is 11.2 Å². The molecule has 0 aromatic carbocycles. The number of epoxide rings is 4. The first-order valence-electron chi connectivity index (χ1n) is 12.4. The second-order valence-electron chi connectivity index (χ2n) is 10.8. The smallest absolute Gasteiger partial charge is 0.0837 e. The van der Waals surface area contributed by atoms with Crippen LogP contribution in [-0.2, 0) is 23.7 Å². The Labute approximate surface area is 175 Å². The van der Waals surface area contributed by atoms with Crippen molar-refractivity contribution < 1.29 is 23.7 Å². The molecule has 29 heavy (non-hydrogen) atoms. The van der Waals surface area contributed by atoms with E-state index < -0.39 is 0 Å². The third-order valence-electron chi connectivity index (χ3n) is 8.55. The molecule has 4 aliphatic heterocycles. The molecule has 0 bridgehead atoms. The lowest BCUT2D eigenvalue weighted by molar-refractivity contribution is -0.237. The van der Waals surface area contributed by atoms with Crippen LogP contribution in [0.3, 0.4) is 0 Å². The van der Waals surface area contributed by atoms with Crippen molar-refractivity contribution in [2.45, 2.75) is 113 Å². The van der Waals surface area contributed by atoms with Crippen molar-refractivity contribution in [3.05, 3.63) is 0 Å². The van der Waals surface area contributed by atoms with E-state index >= 15 is 0 Å². The van der Waals surface area contributed by atoms with Gasteiger partial charge in [0.1, 0.15) is 0 Å². The summed E-state index contributed by atoms with van der Waals surface area (Å²) in [5.41, 5.74) is -0.0551. The Hall–Kier alpha value is -0.200. The molecule has 4 saturated heterocycles. The van der Waals surface area contributed by atoms with Crippen molar-refractivity contribution in [1.82, 2.24) is 0 Å². The quantitative estimate of drug-likeness (QED) is 0.513. The van der Waals surface area contributed by atoms with E-state index in [0.717, 1.165) is 39.3 Å². The number of rotatable bonds is 10. The topological polar surface area (TPSA) is 59.4 Å². The van der Waals surface area contributed by atoms with Crippen molar-refractivity contribution in [2.75, 3.05) is 26.4 Å². The summed E-state index contributed by atoms with van der Waals surface area (Å²) in [5.74, 6) is 1.23. The molecule has 5 heteroatoms. The maximum absolute atomic E-state index is 7.62. The molecular formula is C24H38O5. The molecule has 5 nitrogen and oxygen atoms in total. The highest BCUT2D eigenvalue weighted by Gasteiger charge is 2.56. The van der Waals surface area contributed by atoms with E-state index in [1.807, 2.05) is 0 Å². The van der Waals surface area contributed by atoms with Gasteiger partial charge in [-0.05, 0) is 50.4 Å². The second-order valence-corrected chi connectivity index (χ2v) is 10.8. The molecule has 2 saturated carbocycles. The van der Waals surface area contributed by atoms with Gasteiger partial charge in [0.15, 0.2) is 0 Å². The standard InChI is InChI=1S/C24H38O5/c1-3-7-23(11-21-15-27-21,17(5-1)9-19-13-25-19)29-24(12-22-16-28-22)8-4-2-6-18(24)10-20-14-26-20/h17-22H,1-16H2. The minimum absolute atomic E-state index is 0.0275. The lowest BCUT2D eigenvalue weighted by Crippen LogP contribution is -2.56. The van der Waals surface area contributed by atoms with Crippen molar-refractivity contribution in [1.29, 1.82) is 0 Å². The van der Waals surface area contributed by atoms with Gasteiger partial charge < -0.3 is 23.7 Å². The second kappa shape index (κ2) is 7.74. The fraction of sp³-hybridized carbons (Fsp3) is 1.00. The first-order chi connectivity index (χ1) is 14.2. The van der Waals surface area contributed by atoms with E-state index in [1.165, 1.54) is 64.2 Å². The summed E-state index contributed by atoms with van der Waals surface area (Å²) in [6.07, 6.45) is 16.6. The molecule has 4 heterocycles. The van der Waals surface area contributed by atoms with Crippen LogP contribution in [0.25, 0.3) is 0 Å². The van der Waals surface area contributed by atoms with Gasteiger partial charge in [0, 0.05) is 12.8 Å². The van der Waals surface area contributed by atoms with Gasteiger partial charge in [0.2, 0.25) is 0 Å². The van der Waals surface area contributed by atoms with E-state index in [9.17, 15) is 0 Å². The van der Waals surface area contributed by atoms with Gasteiger partial charge in [-0.1, -0.05) is 25.7 Å². The minimum Gasteiger partial charge on any atom is -0.373 e. The maximum Gasteiger partial charge on any atom is 0.0837 e. The summed E-state index contributed by atoms with van der Waals surface area (Å²) in [7, 11) is 0. The van der Waals surface area contributed by atoms with Crippen molar-refractivity contribution in [3.63, 3.8) is 0 Å². The first-order valence-corrected chi connectivity index (χ1v) is 12.4. The zero-order chi connectivity index (χ0) is 19.3. The van der Waals surface area contributed by atoms with Gasteiger partial charge in [0.25, 0.3) is 0 Å². The molecule has 0 radical (unpaired) electrons. The lowest BCUT2D eigenvalue weighted by atomic mass is 9.67. The minimum atomic E-state index is -0.0275. The number of hydrogen-bond donors (Lipinski definition) is 0. The third-order valence-corrected chi connectivity index (χ3v) is 8.55. The first kappa shape index (κ1) is 19.5. The molecule has 8 unspecified atom stereocenters. The van der Waals surface area contributed by atoms with Crippen LogP contribution >= 0.6 is 0 Å². The van der Waals surface area contributed by atoms with E-state index in [1.54, 1.807) is 0 Å². The Morgan fingerprint density at radius 1 is 0.586 bits per heavy atom. The largest absolute Gasteiger partial charge is 0.373 e. The Balaban J connectivity index is 1.30. The molecule has 0 spiro atoms. The van der Waals surface area contributed by atoms with Gasteiger partial charge >= 0.3 is 0 Å². The molecule has 6 fully saturated rings. The SMILES string of the molecule is C1CCC(CC2CO2)(OC2(CC3CO3)CCCCC2CC2CO2)C(CC2CO2)C1. The van der Waals surface area contributed by atoms with Crippen LogP contribution in [0.2, 0.25) is 0 Å². The average Bonchev–Trinajstić information content (AvgIpc) is 3.51. The molecule has 6 rings (SSSR count). The van der Waals surface area contributed by atoms with Crippen LogP contribution in [0.1, 0.15) is 77.0 Å². The summed E-state index contributed by atoms with van der Waals surface area (Å²) in [4.78, 5) is 0. The zero-order valence-electron chi connectivity index (χ0n) is 17.8. The van der Waals surface area contributed by atoms with Gasteiger partial charge in [-0.3, -0.25) is 0 Å². The van der Waals surface area contributed by atoms with Crippen LogP contribution in [-0.4, -0.2) is 62.0 Å². The molecule has 6 aliphatic rings. The fourth-order valence-corrected chi connectivity index (χ4v) is 6.71. The normalized spacial score (nSPS) is 50.9. The summed E-state index contributed by atoms with van der Waals surface area (Å²) < 4.78 is 30.5. The lowest BCUT2D eigenvalue weighted by Gasteiger charge is -2.54. The zero-order valence-corrected chi connectivity index (χ0v) is 17.8. The van der Waals surface area contributed by atoms with Crippen LogP contribution in [0, 0.1) is 11.8 Å². The van der Waals surface area contributed by atoms with Crippen molar-refractivity contribution in [3.8, 4) is 0 Å². The van der Waals surface area contributed by atoms with Gasteiger partial charge in [-0.2, -0.15) is 0 Å². The van der Waals surface area contributed by atoms with E-state index in [4.69, 9.17) is 23.7 Å². The van der Waals surface area contributed by atoms with Crippen LogP contribution in [0.5, 0.6) is 0 Å². The molecule has 0 amide bonds. The van der Waals surface area contributed by atoms with Crippen LogP contribution in [0.4, 0.5) is 0 Å². The van der Waals surface area contributed by atoms with Gasteiger partial charge in [-0.15, -0.1) is 0 Å². The Morgan fingerprint density at radius 3 is 1.38 bits per heavy atom. The summed E-state index contributed by atoms with van der Waals surface area (Å²) >= 11 is 0. The van der Waals surface area contributed by atoms with Gasteiger partial charge in [-0.25, -0.2) is 0 Å². The Bertz CT molecular complexity index is 532. The summed E-state index contributed by atoms with van der Waals surface area (Å²) in [6, 6.07) is 0. The molecule has 164 valence electrons. The van der Waals surface area contributed by atoms with Crippen LogP contribution in [0.15, 0.2) is 0 Å². The third kappa shape index (κ3) is 4.55. The van der Waals surface area contributed by atoms with Crippen molar-refractivity contribution >= 4 is 0 Å². The van der Waals surface area contributed by atoms with E-state index in [2.05, 4.69) is 0 Å². The maximum atomic E-state index is 7.62. The predicted octanol–water partition coefficient (Wildman–Crippen LogP) is 4.02.